The van der Waals surface area contributed by atoms with E-state index in [-0.39, 0.29) is 36.2 Å². The molecule has 9 atom stereocenters. The molecule has 4 aliphatic carbocycles. The molecule has 4 rings (SSSR count). The molecule has 3 saturated carbocycles. The minimum absolute atomic E-state index is 0.0284. The molecule has 222 valence electrons. The highest BCUT2D eigenvalue weighted by Crippen LogP contribution is 2.74. The van der Waals surface area contributed by atoms with Gasteiger partial charge >= 0.3 is 5.97 Å². The summed E-state index contributed by atoms with van der Waals surface area (Å²) < 4.78 is 5.23. The number of allylic oxidation sites excluding steroid dienone is 2. The van der Waals surface area contributed by atoms with Gasteiger partial charge in [0.2, 0.25) is 0 Å². The molecule has 0 aliphatic heterocycles. The molecule has 8 nitrogen and oxygen atoms in total. The molecule has 3 fully saturated rings. The topological polar surface area (TPSA) is 138 Å². The van der Waals surface area contributed by atoms with Crippen molar-refractivity contribution < 1.29 is 39.2 Å². The molecule has 3 N–H and O–H groups in total. The lowest BCUT2D eigenvalue weighted by atomic mass is 9.38. The number of carbonyl (C=O) groups is 4. The summed E-state index contributed by atoms with van der Waals surface area (Å²) in [6.07, 6.45) is 3.55. The first-order valence-electron chi connectivity index (χ1n) is 14.4. The standard InChI is InChI=1S/C32H46O8/c1-17(33)40-27(2,3)13-12-23(36)32(9,39)25-21(35)15-29(6)22-11-10-18-19(14-20(34)26(38)28(18,4)5)31(22,8)24(37)16-30(25,29)7/h10,12-13,19-22,25,34-35,39H,11,14-16H2,1-9H3/b13-12+/t19-,20?,21?,22-,25-,29-,30+,31+,32-/m0/s1. The van der Waals surface area contributed by atoms with Crippen LogP contribution in [0.15, 0.2) is 23.8 Å². The van der Waals surface area contributed by atoms with Crippen LogP contribution in [0, 0.1) is 39.4 Å². The third kappa shape index (κ3) is 4.11. The first kappa shape index (κ1) is 30.8. The average molecular weight is 559 g/mol. The number of ketones is 3. The van der Waals surface area contributed by atoms with Gasteiger partial charge in [0.05, 0.1) is 6.10 Å². The Bertz CT molecular complexity index is 1210. The highest BCUT2D eigenvalue weighted by molar-refractivity contribution is 5.98. The quantitative estimate of drug-likeness (QED) is 0.265. The zero-order valence-corrected chi connectivity index (χ0v) is 25.3. The maximum absolute atomic E-state index is 14.3. The third-order valence-corrected chi connectivity index (χ3v) is 11.5. The van der Waals surface area contributed by atoms with Crippen LogP contribution in [-0.4, -0.2) is 62.0 Å². The van der Waals surface area contributed by atoms with E-state index in [0.29, 0.717) is 12.8 Å². The average Bonchev–Trinajstić information content (AvgIpc) is 3.01. The first-order valence-corrected chi connectivity index (χ1v) is 14.4. The molecule has 0 spiro atoms. The van der Waals surface area contributed by atoms with Gasteiger partial charge in [-0.05, 0) is 88.7 Å². The molecular formula is C32H46O8. The SMILES string of the molecule is CC(=O)OC(C)(C)/C=C/C(=O)[C@](C)(O)[C@H]1C(O)C[C@@]2(C)[C@@H]3CC=C4[C@H](CC(O)C(=O)C4(C)C)[C@@]3(C)C(=O)C[C@]12C. The lowest BCUT2D eigenvalue weighted by molar-refractivity contribution is -0.183. The summed E-state index contributed by atoms with van der Waals surface area (Å²) in [7, 11) is 0. The Kier molecular flexibility index (Phi) is 7.06. The largest absolute Gasteiger partial charge is 0.456 e. The molecule has 0 saturated heterocycles. The minimum Gasteiger partial charge on any atom is -0.456 e. The highest BCUT2D eigenvalue weighted by Gasteiger charge is 2.74. The second kappa shape index (κ2) is 9.17. The first-order chi connectivity index (χ1) is 18.1. The number of rotatable bonds is 5. The van der Waals surface area contributed by atoms with E-state index in [9.17, 15) is 34.5 Å². The van der Waals surface area contributed by atoms with E-state index in [4.69, 9.17) is 4.74 Å². The molecule has 8 heteroatoms. The molecule has 0 heterocycles. The number of aliphatic hydroxyl groups excluding tert-OH is 2. The number of Topliss-reactive ketones (excluding diaryl/α,β-unsaturated/α-hetero) is 2. The van der Waals surface area contributed by atoms with Crippen molar-refractivity contribution in [3.63, 3.8) is 0 Å². The summed E-state index contributed by atoms with van der Waals surface area (Å²) in [4.78, 5) is 52.1. The van der Waals surface area contributed by atoms with Crippen LogP contribution in [0.2, 0.25) is 0 Å². The van der Waals surface area contributed by atoms with Gasteiger partial charge in [-0.2, -0.15) is 0 Å². The number of aliphatic hydroxyl groups is 3. The summed E-state index contributed by atoms with van der Waals surface area (Å²) in [5.41, 5.74) is -5.43. The molecule has 0 bridgehead atoms. The number of esters is 1. The van der Waals surface area contributed by atoms with Gasteiger partial charge in [-0.1, -0.05) is 32.4 Å². The zero-order chi connectivity index (χ0) is 30.4. The molecule has 4 aliphatic rings. The van der Waals surface area contributed by atoms with E-state index in [0.717, 1.165) is 5.57 Å². The van der Waals surface area contributed by atoms with E-state index < -0.39 is 62.7 Å². The number of fused-ring (bicyclic) bond motifs is 5. The van der Waals surface area contributed by atoms with E-state index in [1.807, 2.05) is 27.7 Å². The van der Waals surface area contributed by atoms with Crippen LogP contribution in [0.25, 0.3) is 0 Å². The van der Waals surface area contributed by atoms with Crippen LogP contribution in [0.3, 0.4) is 0 Å². The molecule has 0 aromatic rings. The van der Waals surface area contributed by atoms with Crippen molar-refractivity contribution in [2.24, 2.45) is 39.4 Å². The molecular weight excluding hydrogens is 512 g/mol. The predicted octanol–water partition coefficient (Wildman–Crippen LogP) is 3.50. The van der Waals surface area contributed by atoms with Crippen molar-refractivity contribution >= 4 is 23.3 Å². The number of carbonyl (C=O) groups excluding carboxylic acids is 4. The van der Waals surface area contributed by atoms with Crippen LogP contribution in [0.4, 0.5) is 0 Å². The Balaban J connectivity index is 1.75. The fourth-order valence-electron chi connectivity index (χ4n) is 9.40. The van der Waals surface area contributed by atoms with Crippen LogP contribution in [0.5, 0.6) is 0 Å². The highest BCUT2D eigenvalue weighted by atomic mass is 16.6. The van der Waals surface area contributed by atoms with Crippen molar-refractivity contribution in [2.45, 2.75) is 111 Å². The van der Waals surface area contributed by atoms with E-state index in [2.05, 4.69) is 13.0 Å². The van der Waals surface area contributed by atoms with Gasteiger partial charge < -0.3 is 20.1 Å². The Morgan fingerprint density at radius 3 is 2.23 bits per heavy atom. The van der Waals surface area contributed by atoms with E-state index >= 15 is 0 Å². The van der Waals surface area contributed by atoms with Gasteiger partial charge in [0.1, 0.15) is 23.1 Å². The van der Waals surface area contributed by atoms with E-state index in [1.165, 1.54) is 26.0 Å². The lowest BCUT2D eigenvalue weighted by Crippen LogP contribution is -2.65. The number of hydrogen-bond donors (Lipinski definition) is 3. The summed E-state index contributed by atoms with van der Waals surface area (Å²) in [5, 5.41) is 34.0. The van der Waals surface area contributed by atoms with Crippen LogP contribution in [-0.2, 0) is 23.9 Å². The number of ether oxygens (including phenoxy) is 1. The summed E-state index contributed by atoms with van der Waals surface area (Å²) in [6.45, 7) is 15.4. The van der Waals surface area contributed by atoms with Crippen molar-refractivity contribution in [1.82, 2.24) is 0 Å². The fourth-order valence-corrected chi connectivity index (χ4v) is 9.40. The maximum Gasteiger partial charge on any atom is 0.303 e. The maximum atomic E-state index is 14.3. The molecule has 0 amide bonds. The smallest absolute Gasteiger partial charge is 0.303 e. The van der Waals surface area contributed by atoms with Gasteiger partial charge in [-0.25, -0.2) is 0 Å². The van der Waals surface area contributed by atoms with Gasteiger partial charge in [0, 0.05) is 30.1 Å². The predicted molar refractivity (Wildman–Crippen MR) is 148 cm³/mol. The molecule has 0 aromatic carbocycles. The zero-order valence-electron chi connectivity index (χ0n) is 25.3. The summed E-state index contributed by atoms with van der Waals surface area (Å²) in [5.74, 6) is -2.85. The second-order valence-corrected chi connectivity index (χ2v) is 14.8. The Hall–Kier alpha value is -2.16. The molecule has 40 heavy (non-hydrogen) atoms. The monoisotopic (exact) mass is 558 g/mol. The van der Waals surface area contributed by atoms with Crippen LogP contribution in [0.1, 0.15) is 88.0 Å². The Morgan fingerprint density at radius 1 is 1.05 bits per heavy atom. The van der Waals surface area contributed by atoms with Crippen molar-refractivity contribution in [2.75, 3.05) is 0 Å². The summed E-state index contributed by atoms with van der Waals surface area (Å²) >= 11 is 0. The fraction of sp³-hybridized carbons (Fsp3) is 0.750. The third-order valence-electron chi connectivity index (χ3n) is 11.5. The van der Waals surface area contributed by atoms with Crippen LogP contribution < -0.4 is 0 Å². The Morgan fingerprint density at radius 2 is 1.65 bits per heavy atom. The van der Waals surface area contributed by atoms with Gasteiger partial charge in [0.15, 0.2) is 11.6 Å². The van der Waals surface area contributed by atoms with Crippen molar-refractivity contribution in [3.05, 3.63) is 23.8 Å². The normalized spacial score (nSPS) is 42.4. The van der Waals surface area contributed by atoms with Crippen molar-refractivity contribution in [1.29, 1.82) is 0 Å². The van der Waals surface area contributed by atoms with Crippen LogP contribution >= 0.6 is 0 Å². The second-order valence-electron chi connectivity index (χ2n) is 14.8. The summed E-state index contributed by atoms with van der Waals surface area (Å²) in [6, 6.07) is 0. The van der Waals surface area contributed by atoms with Crippen molar-refractivity contribution in [3.8, 4) is 0 Å². The molecule has 0 radical (unpaired) electrons. The minimum atomic E-state index is -1.99. The van der Waals surface area contributed by atoms with E-state index in [1.54, 1.807) is 13.8 Å². The lowest BCUT2D eigenvalue weighted by Gasteiger charge is -2.64. The van der Waals surface area contributed by atoms with Gasteiger partial charge in [-0.15, -0.1) is 0 Å². The Labute approximate surface area is 237 Å². The molecule has 0 aromatic heterocycles. The number of hydrogen-bond acceptors (Lipinski definition) is 8. The molecule has 2 unspecified atom stereocenters. The van der Waals surface area contributed by atoms with Gasteiger partial charge in [0.25, 0.3) is 0 Å². The van der Waals surface area contributed by atoms with Gasteiger partial charge in [-0.3, -0.25) is 19.2 Å².